The molecule has 3 aromatic carbocycles. The normalized spacial score (nSPS) is 26.1. The van der Waals surface area contributed by atoms with Gasteiger partial charge in [-0.3, -0.25) is 52.7 Å². The number of H-pyrrole nitrogens is 2. The number of nitrogens with zero attached hydrogens (tertiary/aromatic N) is 2. The number of hydrogen-bond donors (Lipinski definition) is 13. The third-order valence-corrected chi connectivity index (χ3v) is 21.8. The first-order valence-corrected chi connectivity index (χ1v) is 37.6. The van der Waals surface area contributed by atoms with Crippen molar-refractivity contribution in [3.63, 3.8) is 0 Å². The van der Waals surface area contributed by atoms with Crippen molar-refractivity contribution < 1.29 is 71.4 Å². The lowest BCUT2D eigenvalue weighted by Gasteiger charge is -2.33. The number of ketones is 1. The number of rotatable bonds is 18. The number of aromatic amines is 2. The van der Waals surface area contributed by atoms with E-state index in [9.17, 15) is 43.1 Å². The van der Waals surface area contributed by atoms with Gasteiger partial charge in [-0.2, -0.15) is 23.5 Å². The lowest BCUT2D eigenvalue weighted by molar-refractivity contribution is -0.142. The van der Waals surface area contributed by atoms with Gasteiger partial charge >= 0.3 is 5.97 Å². The Balaban J connectivity index is 1.04. The third kappa shape index (κ3) is 23.0. The van der Waals surface area contributed by atoms with Gasteiger partial charge in [0.05, 0.1) is 31.3 Å². The second-order valence-electron chi connectivity index (χ2n) is 27.1. The molecule has 2 bridgehead atoms. The molecule has 103 heavy (non-hydrogen) atoms. The van der Waals surface area contributed by atoms with Crippen LogP contribution in [0.4, 0.5) is 8.78 Å². The number of carboxylic acid groups (broad SMARTS) is 1. The number of nitrogens with one attached hydrogen (secondary N) is 9. The predicted octanol–water partition coefficient (Wildman–Crippen LogP) is 3.20. The number of carbonyl (C=O) groups is 11. The maximum atomic E-state index is 15.3. The molecule has 5 aromatic rings. The van der Waals surface area contributed by atoms with Crippen LogP contribution in [0, 0.1) is 29.5 Å². The zero-order valence-corrected chi connectivity index (χ0v) is 59.1. The molecule has 12 atom stereocenters. The minimum absolute atomic E-state index is 0.0335. The molecule has 0 radical (unpaired) electrons. The summed E-state index contributed by atoms with van der Waals surface area (Å²) in [6.07, 6.45) is 4.96. The van der Waals surface area contributed by atoms with Crippen LogP contribution >= 0.6 is 23.5 Å². The van der Waals surface area contributed by atoms with Gasteiger partial charge < -0.3 is 79.1 Å². The molecule has 2 saturated carbocycles. The van der Waals surface area contributed by atoms with Crippen molar-refractivity contribution in [2.45, 2.75) is 169 Å². The van der Waals surface area contributed by atoms with Crippen molar-refractivity contribution in [2.75, 3.05) is 44.3 Å². The van der Waals surface area contributed by atoms with E-state index < -0.39 is 138 Å². The van der Waals surface area contributed by atoms with Crippen LogP contribution in [0.3, 0.4) is 0 Å². The van der Waals surface area contributed by atoms with Crippen molar-refractivity contribution in [2.24, 2.45) is 40.9 Å². The number of ether oxygens (including phenoxy) is 1. The van der Waals surface area contributed by atoms with Crippen LogP contribution in [-0.4, -0.2) is 183 Å². The number of carbonyl (C=O) groups excluding carboxylic acids is 10. The fourth-order valence-corrected chi connectivity index (χ4v) is 16.2. The van der Waals surface area contributed by atoms with E-state index in [2.05, 4.69) is 52.2 Å². The van der Waals surface area contributed by atoms with Crippen molar-refractivity contribution in [3.05, 3.63) is 119 Å². The molecule has 2 aromatic heterocycles. The molecule has 4 heterocycles. The standard InChI is InChI=1S/C72H94F2N14O13S2/c73-48-14-13-44-11-12-45(52(44)30-48)27-57-69(97)86-59(33-65(92)93)71(99)85-58(32-50-35-78-40-81-50)70(98)87-60(26-41-9-16-51(17-10-41)101-23-21-76)72(100)88-22-4-8-61(88)62(89)29-47(66(77)94)39-103-38-43-6-3-5-42(25-43)37-102-24-19-63(90)82-55(7-1-2-20-75)67(95)80-36-64(91)83-56(68(96)84-57)28-46-34-79-54-18-15-49(74)31-53(46)54/h3,5-6,9-10,15-18,25,31,34-35,40,44-45,47-48,52,55-61,79H,1-2,4,7-8,11-14,19-24,26-30,32-33,36-39,75-76H2,(H2,77,94)(H,78,81)(H,80,95)(H,82,90)(H,83,91)(H,84,96)(H,85,99)(H,86,97)(H,87,98)(H,92,93)/t44?,45?,47-,48?,52?,55-,56-,57-,58-,59-,60-,61-/m0/s1. The number of unbranched alkanes of at least 4 members (excludes halogenated alkanes) is 1. The lowest BCUT2D eigenvalue weighted by Crippen LogP contribution is -2.60. The third-order valence-electron chi connectivity index (χ3n) is 19.6. The van der Waals surface area contributed by atoms with Gasteiger partial charge in [0.1, 0.15) is 60.6 Å². The molecule has 0 spiro atoms. The van der Waals surface area contributed by atoms with E-state index in [1.807, 2.05) is 24.3 Å². The Hall–Kier alpha value is -8.94. The average Bonchev–Trinajstić information content (AvgIpc) is 1.71. The molecule has 2 aliphatic carbocycles. The van der Waals surface area contributed by atoms with E-state index in [1.54, 1.807) is 24.3 Å². The first-order valence-electron chi connectivity index (χ1n) is 35.3. The number of halogens is 2. The molecule has 2 aliphatic heterocycles. The number of nitrogens with two attached hydrogens (primary N) is 3. The Morgan fingerprint density at radius 2 is 1.41 bits per heavy atom. The summed E-state index contributed by atoms with van der Waals surface area (Å²) in [4.78, 5) is 169. The SMILES string of the molecule is NCCCC[C@@H]1NC(=O)CCSCc2cccc(c2)CSC[C@@H](C(N)=O)CC(=O)[C@@H]2CCCN2C(=O)[C@H](Cc2ccc(OCCN)cc2)NC(=O)[C@H](Cc2cnc[nH]2)NC(=O)[C@H](CC(=O)O)NC(=O)[C@H](CC2CCC3CCC(F)CC32)NC(=O)[C@H](Cc2c[nH]c3ccc(F)cc23)NC(=O)CNC1=O. The minimum atomic E-state index is -1.96. The van der Waals surface area contributed by atoms with Crippen LogP contribution in [0.5, 0.6) is 5.75 Å². The van der Waals surface area contributed by atoms with Crippen LogP contribution in [0.15, 0.2) is 85.5 Å². The summed E-state index contributed by atoms with van der Waals surface area (Å²) in [5.41, 5.74) is 21.0. The monoisotopic (exact) mass is 1460 g/mol. The summed E-state index contributed by atoms with van der Waals surface area (Å²) in [5.74, 6) is -9.51. The minimum Gasteiger partial charge on any atom is -0.492 e. The summed E-state index contributed by atoms with van der Waals surface area (Å²) >= 11 is 2.89. The van der Waals surface area contributed by atoms with Crippen LogP contribution in [0.25, 0.3) is 10.9 Å². The smallest absolute Gasteiger partial charge is 0.305 e. The van der Waals surface area contributed by atoms with Crippen molar-refractivity contribution >= 4 is 99.3 Å². The maximum Gasteiger partial charge on any atom is 0.305 e. The number of fused-ring (bicyclic) bond motifs is 5. The van der Waals surface area contributed by atoms with E-state index in [0.29, 0.717) is 102 Å². The fraction of sp³-hybridized carbons (Fsp3) is 0.528. The molecule has 556 valence electrons. The quantitative estimate of drug-likeness (QED) is 0.0560. The molecule has 27 nitrogen and oxygen atoms in total. The van der Waals surface area contributed by atoms with Gasteiger partial charge in [-0.15, -0.1) is 0 Å². The molecule has 1 saturated heterocycles. The number of primary amides is 1. The van der Waals surface area contributed by atoms with Crippen molar-refractivity contribution in [3.8, 4) is 5.75 Å². The van der Waals surface area contributed by atoms with E-state index >= 15 is 23.6 Å². The second kappa shape index (κ2) is 38.5. The van der Waals surface area contributed by atoms with Crippen molar-refractivity contribution in [1.82, 2.24) is 57.1 Å². The first kappa shape index (κ1) is 78.2. The number of imidazole rings is 1. The summed E-state index contributed by atoms with van der Waals surface area (Å²) in [5, 5.41) is 29.5. The number of carboxylic acids is 1. The molecule has 31 heteroatoms. The van der Waals surface area contributed by atoms with Gasteiger partial charge in [0.25, 0.3) is 0 Å². The number of amides is 9. The lowest BCUT2D eigenvalue weighted by atomic mass is 9.75. The van der Waals surface area contributed by atoms with Gasteiger partial charge in [-0.25, -0.2) is 13.8 Å². The zero-order chi connectivity index (χ0) is 73.5. The topological polar surface area (TPSA) is 427 Å². The number of hydrogen-bond acceptors (Lipinski definition) is 17. The van der Waals surface area contributed by atoms with E-state index in [4.69, 9.17) is 21.9 Å². The number of thioether (sulfide) groups is 2. The second-order valence-corrected chi connectivity index (χ2v) is 29.2. The van der Waals surface area contributed by atoms with E-state index in [-0.39, 0.29) is 101 Å². The Kier molecular flexibility index (Phi) is 29.3. The molecule has 4 unspecified atom stereocenters. The molecule has 16 N–H and O–H groups in total. The molecule has 3 fully saturated rings. The van der Waals surface area contributed by atoms with Gasteiger partial charge in [0.2, 0.25) is 53.2 Å². The fourth-order valence-electron chi connectivity index (χ4n) is 14.2. The highest BCUT2D eigenvalue weighted by molar-refractivity contribution is 7.98. The van der Waals surface area contributed by atoms with Crippen LogP contribution in [0.2, 0.25) is 0 Å². The van der Waals surface area contributed by atoms with Crippen LogP contribution in [-0.2, 0) is 83.5 Å². The number of Topliss-reactive ketones (excluding diaryl/α,β-unsaturated/α-hetero) is 1. The Labute approximate surface area is 604 Å². The molecule has 9 rings (SSSR count). The largest absolute Gasteiger partial charge is 0.492 e. The predicted molar refractivity (Wildman–Crippen MR) is 382 cm³/mol. The summed E-state index contributed by atoms with van der Waals surface area (Å²) in [6, 6.07) is 8.09. The van der Waals surface area contributed by atoms with Crippen LogP contribution < -0.4 is 59.2 Å². The molecular formula is C72H94F2N14O13S2. The summed E-state index contributed by atoms with van der Waals surface area (Å²) in [6.45, 7) is 0.171. The molecule has 4 aliphatic rings. The molecular weight excluding hydrogens is 1370 g/mol. The number of aliphatic carboxylic acids is 1. The first-order chi connectivity index (χ1) is 49.6. The van der Waals surface area contributed by atoms with Gasteiger partial charge in [0, 0.05) is 97.2 Å². The highest BCUT2D eigenvalue weighted by Crippen LogP contribution is 2.48. The number of benzene rings is 3. The molecule has 9 amide bonds. The highest BCUT2D eigenvalue weighted by Gasteiger charge is 2.44. The summed E-state index contributed by atoms with van der Waals surface area (Å²) in [7, 11) is 0. The van der Waals surface area contributed by atoms with E-state index in [1.165, 1.54) is 65.3 Å². The van der Waals surface area contributed by atoms with Crippen molar-refractivity contribution in [1.29, 1.82) is 0 Å². The Bertz CT molecular complexity index is 3780. The van der Waals surface area contributed by atoms with Gasteiger partial charge in [-0.1, -0.05) is 36.4 Å². The highest BCUT2D eigenvalue weighted by atomic mass is 32.2. The number of alkyl halides is 1. The number of aromatic nitrogens is 3. The maximum absolute atomic E-state index is 15.3. The Morgan fingerprint density at radius 3 is 2.14 bits per heavy atom. The van der Waals surface area contributed by atoms with Crippen LogP contribution in [0.1, 0.15) is 118 Å². The Morgan fingerprint density at radius 1 is 0.709 bits per heavy atom. The van der Waals surface area contributed by atoms with Gasteiger partial charge in [0.15, 0.2) is 5.78 Å². The van der Waals surface area contributed by atoms with Gasteiger partial charge in [-0.05, 0) is 148 Å². The zero-order valence-electron chi connectivity index (χ0n) is 57.4. The van der Waals surface area contributed by atoms with E-state index in [0.717, 1.165) is 11.1 Å². The summed E-state index contributed by atoms with van der Waals surface area (Å²) < 4.78 is 35.9. The average molecular weight is 1470 g/mol.